The van der Waals surface area contributed by atoms with Crippen molar-refractivity contribution in [2.75, 3.05) is 19.8 Å². The molecule has 1 aliphatic rings. The summed E-state index contributed by atoms with van der Waals surface area (Å²) in [6.45, 7) is 3.29. The van der Waals surface area contributed by atoms with Crippen molar-refractivity contribution in [2.45, 2.75) is 38.3 Å². The molecule has 1 N–H and O–H groups in total. The van der Waals surface area contributed by atoms with Gasteiger partial charge in [-0.15, -0.1) is 11.3 Å². The van der Waals surface area contributed by atoms with Crippen molar-refractivity contribution in [3.8, 4) is 6.07 Å². The number of ether oxygens (including phenoxy) is 1. The van der Waals surface area contributed by atoms with Crippen molar-refractivity contribution in [3.63, 3.8) is 0 Å². The average Bonchev–Trinajstić information content (AvgIpc) is 3.02. The lowest BCUT2D eigenvalue weighted by molar-refractivity contribution is -0.137. The zero-order valence-corrected chi connectivity index (χ0v) is 15.9. The van der Waals surface area contributed by atoms with Crippen molar-refractivity contribution < 1.29 is 14.3 Å². The third-order valence-electron chi connectivity index (χ3n) is 3.89. The first-order valence-electron chi connectivity index (χ1n) is 7.84. The van der Waals surface area contributed by atoms with E-state index in [1.54, 1.807) is 24.0 Å². The summed E-state index contributed by atoms with van der Waals surface area (Å²) in [5, 5.41) is 11.6. The van der Waals surface area contributed by atoms with E-state index in [9.17, 15) is 9.59 Å². The number of thiophene rings is 1. The number of nitrogens with one attached hydrogen (secondary N) is 1. The van der Waals surface area contributed by atoms with Crippen LogP contribution in [-0.2, 0) is 9.53 Å². The molecule has 2 rings (SSSR count). The number of carbonyl (C=O) groups excluding carboxylic acids is 2. The molecule has 1 aromatic rings. The van der Waals surface area contributed by atoms with Crippen LogP contribution < -0.4 is 5.32 Å². The molecule has 0 saturated carbocycles. The van der Waals surface area contributed by atoms with Gasteiger partial charge in [0.25, 0.3) is 5.91 Å². The third kappa shape index (κ3) is 5.03. The predicted molar refractivity (Wildman–Crippen MR) is 94.7 cm³/mol. The fourth-order valence-corrected chi connectivity index (χ4v) is 3.94. The van der Waals surface area contributed by atoms with E-state index in [1.807, 2.05) is 0 Å². The fraction of sp³-hybridized carbons (Fsp3) is 0.562. The van der Waals surface area contributed by atoms with Gasteiger partial charge >= 0.3 is 0 Å². The van der Waals surface area contributed by atoms with E-state index >= 15 is 0 Å². The zero-order chi connectivity index (χ0) is 17.5. The van der Waals surface area contributed by atoms with E-state index in [2.05, 4.69) is 27.3 Å². The van der Waals surface area contributed by atoms with Crippen LogP contribution in [0.15, 0.2) is 15.9 Å². The Morgan fingerprint density at radius 2 is 2.21 bits per heavy atom. The van der Waals surface area contributed by atoms with Crippen LogP contribution in [0.1, 0.15) is 35.9 Å². The number of carbonyl (C=O) groups is 2. The summed E-state index contributed by atoms with van der Waals surface area (Å²) in [7, 11) is 0. The molecule has 1 saturated heterocycles. The molecule has 0 aromatic carbocycles. The van der Waals surface area contributed by atoms with Gasteiger partial charge < -0.3 is 15.0 Å². The molecule has 8 heteroatoms. The molecule has 0 aliphatic carbocycles. The molecule has 0 spiro atoms. The smallest absolute Gasteiger partial charge is 0.262 e. The normalized spacial score (nSPS) is 16.2. The lowest BCUT2D eigenvalue weighted by atomic mass is 10.1. The molecule has 0 bridgehead atoms. The minimum atomic E-state index is -0.639. The highest BCUT2D eigenvalue weighted by Crippen LogP contribution is 2.22. The van der Waals surface area contributed by atoms with E-state index in [0.717, 1.165) is 16.6 Å². The van der Waals surface area contributed by atoms with Gasteiger partial charge in [-0.2, -0.15) is 5.26 Å². The third-order valence-corrected chi connectivity index (χ3v) is 5.52. The Balaban J connectivity index is 2.01. The predicted octanol–water partition coefficient (Wildman–Crippen LogP) is 2.55. The first kappa shape index (κ1) is 18.9. The van der Waals surface area contributed by atoms with E-state index < -0.39 is 6.04 Å². The molecule has 24 heavy (non-hydrogen) atoms. The Morgan fingerprint density at radius 3 is 2.79 bits per heavy atom. The van der Waals surface area contributed by atoms with E-state index in [1.165, 1.54) is 11.3 Å². The van der Waals surface area contributed by atoms with E-state index in [4.69, 9.17) is 10.00 Å². The lowest BCUT2D eigenvalue weighted by Crippen LogP contribution is -2.52. The number of halogens is 1. The second kappa shape index (κ2) is 9.16. The number of nitriles is 1. The van der Waals surface area contributed by atoms with Crippen LogP contribution in [0.2, 0.25) is 0 Å². The van der Waals surface area contributed by atoms with Gasteiger partial charge in [0.2, 0.25) is 5.91 Å². The first-order valence-corrected chi connectivity index (χ1v) is 9.45. The molecule has 1 aliphatic heterocycles. The molecule has 130 valence electrons. The summed E-state index contributed by atoms with van der Waals surface area (Å²) in [6, 6.07) is 5.02. The maximum Gasteiger partial charge on any atom is 0.262 e. The highest BCUT2D eigenvalue weighted by molar-refractivity contribution is 9.11. The monoisotopic (exact) mass is 413 g/mol. The van der Waals surface area contributed by atoms with Gasteiger partial charge in [0.05, 0.1) is 21.2 Å². The van der Waals surface area contributed by atoms with Gasteiger partial charge in [0, 0.05) is 25.8 Å². The molecule has 1 aromatic heterocycles. The highest BCUT2D eigenvalue weighted by Gasteiger charge is 2.29. The van der Waals surface area contributed by atoms with Gasteiger partial charge in [-0.3, -0.25) is 9.59 Å². The Labute approximate surface area is 153 Å². The highest BCUT2D eigenvalue weighted by atomic mass is 79.9. The van der Waals surface area contributed by atoms with Crippen LogP contribution in [0, 0.1) is 11.3 Å². The van der Waals surface area contributed by atoms with Crippen molar-refractivity contribution in [1.82, 2.24) is 10.2 Å². The Hall–Kier alpha value is -1.43. The summed E-state index contributed by atoms with van der Waals surface area (Å²) >= 11 is 4.64. The average molecular weight is 414 g/mol. The standard InChI is InChI=1S/C16H20BrN3O3S/c1-11(19-15(21)13-3-4-14(17)24-13)16(22)20(8-2-7-18)12-5-9-23-10-6-12/h3-4,11-12H,2,5-6,8-10H2,1H3,(H,19,21). The maximum atomic E-state index is 12.8. The van der Waals surface area contributed by atoms with Crippen LogP contribution in [-0.4, -0.2) is 48.6 Å². The lowest BCUT2D eigenvalue weighted by Gasteiger charge is -2.35. The molecule has 2 heterocycles. The first-order chi connectivity index (χ1) is 11.5. The maximum absolute atomic E-state index is 12.8. The molecule has 1 atom stereocenters. The van der Waals surface area contributed by atoms with Gasteiger partial charge in [-0.05, 0) is 47.8 Å². The van der Waals surface area contributed by atoms with Crippen molar-refractivity contribution in [2.24, 2.45) is 0 Å². The van der Waals surface area contributed by atoms with Gasteiger partial charge in [0.1, 0.15) is 6.04 Å². The molecule has 0 radical (unpaired) electrons. The molecule has 2 amide bonds. The molecular weight excluding hydrogens is 394 g/mol. The van der Waals surface area contributed by atoms with Crippen LogP contribution in [0.25, 0.3) is 0 Å². The minimum absolute atomic E-state index is 0.0647. The Morgan fingerprint density at radius 1 is 1.50 bits per heavy atom. The number of nitrogens with zero attached hydrogens (tertiary/aromatic N) is 2. The Kier molecular flexibility index (Phi) is 7.21. The second-order valence-electron chi connectivity index (χ2n) is 5.58. The van der Waals surface area contributed by atoms with Crippen LogP contribution in [0.3, 0.4) is 0 Å². The second-order valence-corrected chi connectivity index (χ2v) is 8.05. The van der Waals surface area contributed by atoms with Gasteiger partial charge in [-0.25, -0.2) is 0 Å². The van der Waals surface area contributed by atoms with Crippen molar-refractivity contribution in [1.29, 1.82) is 5.26 Å². The summed E-state index contributed by atoms with van der Waals surface area (Å²) in [5.74, 6) is -0.417. The van der Waals surface area contributed by atoms with E-state index in [0.29, 0.717) is 24.6 Å². The van der Waals surface area contributed by atoms with Gasteiger partial charge in [-0.1, -0.05) is 0 Å². The SMILES string of the molecule is CC(NC(=O)c1ccc(Br)s1)C(=O)N(CCC#N)C1CCOCC1. The van der Waals surface area contributed by atoms with E-state index in [-0.39, 0.29) is 24.3 Å². The van der Waals surface area contributed by atoms with Crippen LogP contribution >= 0.6 is 27.3 Å². The summed E-state index contributed by atoms with van der Waals surface area (Å²) in [5.41, 5.74) is 0. The summed E-state index contributed by atoms with van der Waals surface area (Å²) in [4.78, 5) is 27.3. The summed E-state index contributed by atoms with van der Waals surface area (Å²) < 4.78 is 6.21. The number of hydrogen-bond acceptors (Lipinski definition) is 5. The van der Waals surface area contributed by atoms with Gasteiger partial charge in [0.15, 0.2) is 0 Å². The molecule has 1 fully saturated rings. The zero-order valence-electron chi connectivity index (χ0n) is 13.5. The number of rotatable bonds is 6. The number of hydrogen-bond donors (Lipinski definition) is 1. The number of amides is 2. The minimum Gasteiger partial charge on any atom is -0.381 e. The van der Waals surface area contributed by atoms with Crippen molar-refractivity contribution >= 4 is 39.1 Å². The topological polar surface area (TPSA) is 82.4 Å². The van der Waals surface area contributed by atoms with Crippen molar-refractivity contribution in [3.05, 3.63) is 20.8 Å². The molecular formula is C16H20BrN3O3S. The quantitative estimate of drug-likeness (QED) is 0.776. The molecule has 6 nitrogen and oxygen atoms in total. The molecule has 1 unspecified atom stereocenters. The summed E-state index contributed by atoms with van der Waals surface area (Å²) in [6.07, 6.45) is 1.80. The fourth-order valence-electron chi connectivity index (χ4n) is 2.65. The largest absolute Gasteiger partial charge is 0.381 e. The van der Waals surface area contributed by atoms with Crippen LogP contribution in [0.4, 0.5) is 0 Å². The Bertz CT molecular complexity index is 622. The van der Waals surface area contributed by atoms with Crippen LogP contribution in [0.5, 0.6) is 0 Å².